The van der Waals surface area contributed by atoms with E-state index in [0.29, 0.717) is 5.56 Å². The van der Waals surface area contributed by atoms with Crippen molar-refractivity contribution in [3.05, 3.63) is 57.4 Å². The number of hydrogen-bond acceptors (Lipinski definition) is 3. The van der Waals surface area contributed by atoms with Gasteiger partial charge >= 0.3 is 0 Å². The summed E-state index contributed by atoms with van der Waals surface area (Å²) in [6.07, 6.45) is 0. The minimum absolute atomic E-state index is 0.140. The van der Waals surface area contributed by atoms with Crippen molar-refractivity contribution in [1.29, 1.82) is 0 Å². The van der Waals surface area contributed by atoms with Crippen LogP contribution in [0.3, 0.4) is 0 Å². The lowest BCUT2D eigenvalue weighted by molar-refractivity contribution is 0.102. The van der Waals surface area contributed by atoms with Gasteiger partial charge in [0.25, 0.3) is 15.0 Å². The number of anilines is 1. The van der Waals surface area contributed by atoms with Gasteiger partial charge in [-0.3, -0.25) is 4.79 Å². The quantitative estimate of drug-likeness (QED) is 0.587. The maximum atomic E-state index is 13.7. The Morgan fingerprint density at radius 2 is 1.86 bits per heavy atom. The van der Waals surface area contributed by atoms with Gasteiger partial charge in [-0.15, -0.1) is 0 Å². The molecule has 110 valence electrons. The highest BCUT2D eigenvalue weighted by molar-refractivity contribution is 14.1. The summed E-state index contributed by atoms with van der Waals surface area (Å²) in [6, 6.07) is 10.1. The molecule has 8 heteroatoms. The van der Waals surface area contributed by atoms with Crippen molar-refractivity contribution in [2.24, 2.45) is 0 Å². The molecule has 4 nitrogen and oxygen atoms in total. The van der Waals surface area contributed by atoms with Crippen molar-refractivity contribution < 1.29 is 17.6 Å². The Hall–Kier alpha value is -1.19. The topological polar surface area (TPSA) is 63.2 Å². The summed E-state index contributed by atoms with van der Waals surface area (Å²) < 4.78 is 36.6. The van der Waals surface area contributed by atoms with E-state index >= 15 is 0 Å². The Kier molecular flexibility index (Phi) is 4.84. The van der Waals surface area contributed by atoms with Crippen molar-refractivity contribution in [2.45, 2.75) is 4.90 Å². The Morgan fingerprint density at radius 3 is 2.43 bits per heavy atom. The molecule has 1 N–H and O–H groups in total. The summed E-state index contributed by atoms with van der Waals surface area (Å²) in [5.41, 5.74) is 0.578. The van der Waals surface area contributed by atoms with Crippen LogP contribution in [-0.2, 0) is 9.05 Å². The molecule has 0 bridgehead atoms. The highest BCUT2D eigenvalue weighted by Crippen LogP contribution is 2.23. The number of carbonyl (C=O) groups is 1. The van der Waals surface area contributed by atoms with Crippen LogP contribution < -0.4 is 5.32 Å². The Bertz CT molecular complexity index is 811. The Morgan fingerprint density at radius 1 is 1.19 bits per heavy atom. The minimum Gasteiger partial charge on any atom is -0.322 e. The fourth-order valence-electron chi connectivity index (χ4n) is 1.62. The minimum atomic E-state index is -4.15. The number of amides is 1. The van der Waals surface area contributed by atoms with Gasteiger partial charge < -0.3 is 5.32 Å². The highest BCUT2D eigenvalue weighted by Gasteiger charge is 2.17. The summed E-state index contributed by atoms with van der Waals surface area (Å²) in [4.78, 5) is 11.4. The van der Waals surface area contributed by atoms with Gasteiger partial charge in [0.1, 0.15) is 10.7 Å². The normalized spacial score (nSPS) is 11.2. The lowest BCUT2D eigenvalue weighted by atomic mass is 10.2. The first-order valence-corrected chi connectivity index (χ1v) is 8.98. The largest absolute Gasteiger partial charge is 0.322 e. The number of benzene rings is 2. The van der Waals surface area contributed by atoms with Crippen molar-refractivity contribution in [3.8, 4) is 0 Å². The van der Waals surface area contributed by atoms with Crippen LogP contribution >= 0.6 is 33.3 Å². The van der Waals surface area contributed by atoms with Crippen LogP contribution in [0.1, 0.15) is 10.4 Å². The molecule has 0 unspecified atom stereocenters. The monoisotopic (exact) mass is 439 g/mol. The second-order valence-corrected chi connectivity index (χ2v) is 7.71. The summed E-state index contributed by atoms with van der Waals surface area (Å²) in [6.45, 7) is 0. The lowest BCUT2D eigenvalue weighted by Crippen LogP contribution is -2.13. The molecule has 0 saturated carbocycles. The maximum Gasteiger partial charge on any atom is 0.264 e. The number of rotatable bonds is 3. The van der Waals surface area contributed by atoms with E-state index in [2.05, 4.69) is 5.32 Å². The van der Waals surface area contributed by atoms with E-state index in [1.54, 1.807) is 24.3 Å². The average molecular weight is 440 g/mol. The molecule has 0 spiro atoms. The van der Waals surface area contributed by atoms with Gasteiger partial charge in [0.2, 0.25) is 0 Å². The predicted octanol–water partition coefficient (Wildman–Crippen LogP) is 3.61. The van der Waals surface area contributed by atoms with Gasteiger partial charge in [-0.1, -0.05) is 12.1 Å². The van der Waals surface area contributed by atoms with E-state index in [9.17, 15) is 17.6 Å². The van der Waals surface area contributed by atoms with E-state index in [4.69, 9.17) is 10.7 Å². The third kappa shape index (κ3) is 3.92. The smallest absolute Gasteiger partial charge is 0.264 e. The van der Waals surface area contributed by atoms with Crippen molar-refractivity contribution in [2.75, 3.05) is 5.32 Å². The third-order valence-corrected chi connectivity index (χ3v) is 4.87. The fraction of sp³-hybridized carbons (Fsp3) is 0. The lowest BCUT2D eigenvalue weighted by Gasteiger charge is -2.08. The number of nitrogens with one attached hydrogen (secondary N) is 1. The summed E-state index contributed by atoms with van der Waals surface area (Å²) in [7, 11) is 0.928. The van der Waals surface area contributed by atoms with E-state index < -0.39 is 25.7 Å². The van der Waals surface area contributed by atoms with Gasteiger partial charge in [-0.05, 0) is 52.9 Å². The second-order valence-electron chi connectivity index (χ2n) is 4.02. The molecule has 0 atom stereocenters. The molecule has 0 aliphatic heterocycles. The molecule has 21 heavy (non-hydrogen) atoms. The van der Waals surface area contributed by atoms with Crippen LogP contribution in [0.25, 0.3) is 0 Å². The van der Waals surface area contributed by atoms with Crippen molar-refractivity contribution in [1.82, 2.24) is 0 Å². The predicted molar refractivity (Wildman–Crippen MR) is 86.6 cm³/mol. The molecule has 0 heterocycles. The van der Waals surface area contributed by atoms with Crippen LogP contribution in [0.15, 0.2) is 47.4 Å². The number of halogens is 3. The standard InChI is InChI=1S/C13H8ClFINO3S/c14-21(19,20)12-6-5-8(7-10(12)15)17-13(18)9-3-1-2-4-11(9)16/h1-7H,(H,17,18). The van der Waals surface area contributed by atoms with Crippen LogP contribution in [-0.4, -0.2) is 14.3 Å². The summed E-state index contributed by atoms with van der Waals surface area (Å²) >= 11 is 2.01. The van der Waals surface area contributed by atoms with Crippen LogP contribution in [0.2, 0.25) is 0 Å². The zero-order valence-electron chi connectivity index (χ0n) is 10.3. The zero-order chi connectivity index (χ0) is 15.6. The average Bonchev–Trinajstić information content (AvgIpc) is 2.37. The van der Waals surface area contributed by atoms with Gasteiger partial charge in [0.05, 0.1) is 5.56 Å². The van der Waals surface area contributed by atoms with E-state index in [1.807, 2.05) is 22.6 Å². The molecule has 2 rings (SSSR count). The van der Waals surface area contributed by atoms with Gasteiger partial charge in [0.15, 0.2) is 0 Å². The second kappa shape index (κ2) is 6.29. The Balaban J connectivity index is 2.27. The molecular weight excluding hydrogens is 432 g/mol. The SMILES string of the molecule is O=C(Nc1ccc(S(=O)(=O)Cl)c(F)c1)c1ccccc1I. The number of hydrogen-bond donors (Lipinski definition) is 1. The highest BCUT2D eigenvalue weighted by atomic mass is 127. The van der Waals surface area contributed by atoms with E-state index in [-0.39, 0.29) is 5.69 Å². The molecule has 0 aliphatic rings. The van der Waals surface area contributed by atoms with Crippen LogP contribution in [0, 0.1) is 9.39 Å². The molecule has 2 aromatic rings. The molecule has 1 amide bonds. The number of carbonyl (C=O) groups excluding carboxylic acids is 1. The molecule has 0 saturated heterocycles. The fourth-order valence-corrected chi connectivity index (χ4v) is 3.15. The maximum absolute atomic E-state index is 13.7. The molecule has 0 aliphatic carbocycles. The van der Waals surface area contributed by atoms with Gasteiger partial charge in [-0.25, -0.2) is 12.8 Å². The third-order valence-electron chi connectivity index (χ3n) is 2.57. The van der Waals surface area contributed by atoms with Crippen molar-refractivity contribution >= 4 is 53.9 Å². The molecule has 2 aromatic carbocycles. The van der Waals surface area contributed by atoms with Crippen molar-refractivity contribution in [3.63, 3.8) is 0 Å². The van der Waals surface area contributed by atoms with Gasteiger partial charge in [0, 0.05) is 19.9 Å². The first-order valence-electron chi connectivity index (χ1n) is 5.59. The van der Waals surface area contributed by atoms with Crippen LogP contribution in [0.4, 0.5) is 10.1 Å². The van der Waals surface area contributed by atoms with Gasteiger partial charge in [-0.2, -0.15) is 0 Å². The van der Waals surface area contributed by atoms with E-state index in [1.165, 1.54) is 6.07 Å². The summed E-state index contributed by atoms with van der Waals surface area (Å²) in [5, 5.41) is 2.50. The molecular formula is C13H8ClFINO3S. The first kappa shape index (κ1) is 16.2. The molecule has 0 aromatic heterocycles. The molecule has 0 radical (unpaired) electrons. The van der Waals surface area contributed by atoms with E-state index in [0.717, 1.165) is 15.7 Å². The summed E-state index contributed by atoms with van der Waals surface area (Å²) in [5.74, 6) is -1.44. The first-order chi connectivity index (χ1) is 9.79. The van der Waals surface area contributed by atoms with Crippen LogP contribution in [0.5, 0.6) is 0 Å². The zero-order valence-corrected chi connectivity index (χ0v) is 14.0. The Labute approximate surface area is 138 Å². The molecule has 0 fully saturated rings.